The Bertz CT molecular complexity index is 741. The maximum atomic E-state index is 12.9. The van der Waals surface area contributed by atoms with E-state index in [1.807, 2.05) is 4.57 Å². The first-order chi connectivity index (χ1) is 11.4. The summed E-state index contributed by atoms with van der Waals surface area (Å²) in [7, 11) is 0. The van der Waals surface area contributed by atoms with Crippen LogP contribution in [0.4, 0.5) is 23.7 Å². The number of hydrogen-bond acceptors (Lipinski definition) is 3. The number of anilines is 1. The lowest BCUT2D eigenvalue weighted by molar-refractivity contribution is -0.136. The van der Waals surface area contributed by atoms with Gasteiger partial charge < -0.3 is 15.2 Å². The maximum Gasteiger partial charge on any atom is 0.418 e. The van der Waals surface area contributed by atoms with Crippen LogP contribution in [0.1, 0.15) is 23.6 Å². The molecule has 1 aliphatic rings. The molecule has 0 atom stereocenters. The molecule has 128 valence electrons. The zero-order valence-corrected chi connectivity index (χ0v) is 12.7. The number of nitrogens with zero attached hydrogens (tertiary/aromatic N) is 3. The van der Waals surface area contributed by atoms with Crippen molar-refractivity contribution in [3.05, 3.63) is 41.5 Å². The van der Waals surface area contributed by atoms with E-state index in [4.69, 9.17) is 0 Å². The molecule has 0 saturated heterocycles. The van der Waals surface area contributed by atoms with Gasteiger partial charge in [0.15, 0.2) is 0 Å². The molecule has 1 aromatic carbocycles. The predicted molar refractivity (Wildman–Crippen MR) is 80.5 cm³/mol. The molecule has 24 heavy (non-hydrogen) atoms. The predicted octanol–water partition coefficient (Wildman–Crippen LogP) is 2.61. The Morgan fingerprint density at radius 3 is 2.83 bits per heavy atom. The minimum atomic E-state index is -4.52. The molecule has 0 saturated carbocycles. The molecule has 1 aromatic heterocycles. The van der Waals surface area contributed by atoms with Crippen LogP contribution < -0.4 is 10.6 Å². The third kappa shape index (κ3) is 3.50. The Kier molecular flexibility index (Phi) is 4.41. The van der Waals surface area contributed by atoms with Crippen LogP contribution in [-0.2, 0) is 25.6 Å². The van der Waals surface area contributed by atoms with Gasteiger partial charge in [-0.25, -0.2) is 4.79 Å². The number of hydrogen-bond donors (Lipinski definition) is 2. The van der Waals surface area contributed by atoms with Gasteiger partial charge in [0.05, 0.1) is 11.3 Å². The van der Waals surface area contributed by atoms with E-state index in [0.717, 1.165) is 37.1 Å². The van der Waals surface area contributed by atoms with Gasteiger partial charge in [0.2, 0.25) is 0 Å². The number of urea groups is 1. The lowest BCUT2D eigenvalue weighted by Crippen LogP contribution is -2.31. The van der Waals surface area contributed by atoms with Crippen molar-refractivity contribution in [1.29, 1.82) is 0 Å². The molecule has 9 heteroatoms. The molecule has 3 rings (SSSR count). The van der Waals surface area contributed by atoms with Crippen molar-refractivity contribution < 1.29 is 18.0 Å². The van der Waals surface area contributed by atoms with Crippen LogP contribution in [0.5, 0.6) is 0 Å². The summed E-state index contributed by atoms with van der Waals surface area (Å²) in [6, 6.07) is 4.17. The van der Waals surface area contributed by atoms with Crippen LogP contribution in [0.25, 0.3) is 0 Å². The highest BCUT2D eigenvalue weighted by Gasteiger charge is 2.33. The van der Waals surface area contributed by atoms with E-state index in [1.165, 1.54) is 18.2 Å². The summed E-state index contributed by atoms with van der Waals surface area (Å²) >= 11 is 0. The van der Waals surface area contributed by atoms with Gasteiger partial charge in [0.1, 0.15) is 11.6 Å². The summed E-state index contributed by atoms with van der Waals surface area (Å²) in [4.78, 5) is 11.8. The van der Waals surface area contributed by atoms with Gasteiger partial charge in [0.25, 0.3) is 0 Å². The van der Waals surface area contributed by atoms with Gasteiger partial charge in [-0.1, -0.05) is 12.1 Å². The van der Waals surface area contributed by atoms with Crippen molar-refractivity contribution in [1.82, 2.24) is 20.1 Å². The first-order valence-electron chi connectivity index (χ1n) is 7.57. The molecule has 0 fully saturated rings. The zero-order valence-electron chi connectivity index (χ0n) is 12.7. The average molecular weight is 339 g/mol. The number of carbonyl (C=O) groups excluding carboxylic acids is 1. The van der Waals surface area contributed by atoms with Crippen LogP contribution in [0.3, 0.4) is 0 Å². The van der Waals surface area contributed by atoms with Gasteiger partial charge in [-0.15, -0.1) is 10.2 Å². The fourth-order valence-electron chi connectivity index (χ4n) is 2.69. The molecule has 6 nitrogen and oxygen atoms in total. The first-order valence-corrected chi connectivity index (χ1v) is 7.57. The Labute approximate surface area is 136 Å². The topological polar surface area (TPSA) is 71.8 Å². The number of aromatic nitrogens is 3. The normalized spacial score (nSPS) is 13.6. The average Bonchev–Trinajstić information content (AvgIpc) is 3.11. The molecule has 0 unspecified atom stereocenters. The SMILES string of the molecule is O=C(NCCc1nnc2n1CCC2)Nc1ccccc1C(F)(F)F. The first kappa shape index (κ1) is 16.3. The molecule has 0 radical (unpaired) electrons. The van der Waals surface area contributed by atoms with Gasteiger partial charge in [-0.05, 0) is 18.6 Å². The highest BCUT2D eigenvalue weighted by atomic mass is 19.4. The molecule has 2 heterocycles. The molecular formula is C15H16F3N5O. The number of alkyl halides is 3. The number of rotatable bonds is 4. The Balaban J connectivity index is 1.55. The highest BCUT2D eigenvalue weighted by molar-refractivity contribution is 5.90. The van der Waals surface area contributed by atoms with Gasteiger partial charge in [0, 0.05) is 25.9 Å². The van der Waals surface area contributed by atoms with E-state index >= 15 is 0 Å². The standard InChI is InChI=1S/C15H16F3N5O/c16-15(17,18)10-4-1-2-5-11(10)20-14(24)19-8-7-13-22-21-12-6-3-9-23(12)13/h1-2,4-5H,3,6-9H2,(H2,19,20,24). The quantitative estimate of drug-likeness (QED) is 0.899. The number of benzene rings is 1. The largest absolute Gasteiger partial charge is 0.418 e. The minimum absolute atomic E-state index is 0.262. The highest BCUT2D eigenvalue weighted by Crippen LogP contribution is 2.34. The van der Waals surface area contributed by atoms with E-state index in [2.05, 4.69) is 20.8 Å². The smallest absolute Gasteiger partial charge is 0.337 e. The molecule has 0 bridgehead atoms. The zero-order chi connectivity index (χ0) is 17.2. The fraction of sp³-hybridized carbons (Fsp3) is 0.400. The van der Waals surface area contributed by atoms with Crippen LogP contribution in [0.2, 0.25) is 0 Å². The van der Waals surface area contributed by atoms with Crippen molar-refractivity contribution in [2.24, 2.45) is 0 Å². The van der Waals surface area contributed by atoms with Crippen LogP contribution in [-0.4, -0.2) is 27.3 Å². The van der Waals surface area contributed by atoms with Crippen LogP contribution in [0, 0.1) is 0 Å². The van der Waals surface area contributed by atoms with Crippen molar-refractivity contribution in [2.75, 3.05) is 11.9 Å². The Morgan fingerprint density at radius 2 is 2.04 bits per heavy atom. The Morgan fingerprint density at radius 1 is 1.25 bits per heavy atom. The second kappa shape index (κ2) is 6.50. The number of amides is 2. The van der Waals surface area contributed by atoms with Gasteiger partial charge in [-0.3, -0.25) is 0 Å². The molecule has 2 N–H and O–H groups in total. The third-order valence-corrected chi connectivity index (χ3v) is 3.80. The van der Waals surface area contributed by atoms with Crippen molar-refractivity contribution in [3.63, 3.8) is 0 Å². The van der Waals surface area contributed by atoms with Crippen molar-refractivity contribution >= 4 is 11.7 Å². The molecule has 2 aromatic rings. The Hall–Kier alpha value is -2.58. The lowest BCUT2D eigenvalue weighted by Gasteiger charge is -2.14. The summed E-state index contributed by atoms with van der Waals surface area (Å²) in [5, 5.41) is 12.9. The molecule has 0 spiro atoms. The van der Waals surface area contributed by atoms with E-state index < -0.39 is 17.8 Å². The monoisotopic (exact) mass is 339 g/mol. The number of aryl methyl sites for hydroxylation is 1. The second-order valence-electron chi connectivity index (χ2n) is 5.46. The summed E-state index contributed by atoms with van der Waals surface area (Å²) in [5.74, 6) is 1.71. The van der Waals surface area contributed by atoms with Crippen molar-refractivity contribution in [2.45, 2.75) is 32.0 Å². The van der Waals surface area contributed by atoms with E-state index in [9.17, 15) is 18.0 Å². The minimum Gasteiger partial charge on any atom is -0.337 e. The second-order valence-corrected chi connectivity index (χ2v) is 5.46. The summed E-state index contributed by atoms with van der Waals surface area (Å²) < 4.78 is 40.6. The number of fused-ring (bicyclic) bond motifs is 1. The number of nitrogens with one attached hydrogen (secondary N) is 2. The van der Waals surface area contributed by atoms with Gasteiger partial charge >= 0.3 is 12.2 Å². The molecule has 1 aliphatic heterocycles. The number of carbonyl (C=O) groups is 1. The van der Waals surface area contributed by atoms with Crippen LogP contribution >= 0.6 is 0 Å². The molecule has 0 aliphatic carbocycles. The number of para-hydroxylation sites is 1. The summed E-state index contributed by atoms with van der Waals surface area (Å²) in [6.07, 6.45) is -2.12. The van der Waals surface area contributed by atoms with Crippen LogP contribution in [0.15, 0.2) is 24.3 Å². The lowest BCUT2D eigenvalue weighted by atomic mass is 10.1. The summed E-state index contributed by atoms with van der Waals surface area (Å²) in [6.45, 7) is 1.13. The van der Waals surface area contributed by atoms with Crippen molar-refractivity contribution in [3.8, 4) is 0 Å². The number of halogens is 3. The van der Waals surface area contributed by atoms with E-state index in [-0.39, 0.29) is 12.2 Å². The van der Waals surface area contributed by atoms with E-state index in [1.54, 1.807) is 0 Å². The summed E-state index contributed by atoms with van der Waals surface area (Å²) in [5.41, 5.74) is -1.15. The third-order valence-electron chi connectivity index (χ3n) is 3.80. The molecule has 2 amide bonds. The van der Waals surface area contributed by atoms with E-state index in [0.29, 0.717) is 6.42 Å². The maximum absolute atomic E-state index is 12.9. The molecular weight excluding hydrogens is 323 g/mol. The fourth-order valence-corrected chi connectivity index (χ4v) is 2.69. The van der Waals surface area contributed by atoms with Gasteiger partial charge in [-0.2, -0.15) is 13.2 Å².